The van der Waals surface area contributed by atoms with Gasteiger partial charge in [0.1, 0.15) is 0 Å². The third-order valence-electron chi connectivity index (χ3n) is 5.14. The quantitative estimate of drug-likeness (QED) is 0.816. The minimum absolute atomic E-state index is 0.0950. The Balaban J connectivity index is 2.02. The smallest absolute Gasteiger partial charge is 0.303 e. The van der Waals surface area contributed by atoms with E-state index in [1.165, 1.54) is 25.7 Å². The number of carboxylic acids is 1. The maximum absolute atomic E-state index is 12.7. The molecule has 0 radical (unpaired) electrons. The Morgan fingerprint density at radius 2 is 1.83 bits per heavy atom. The number of aliphatic carboxylic acids is 1. The molecular weight excluding hydrogens is 292 g/mol. The number of carbonyl (C=O) groups excluding carboxylic acids is 1. The number of likely N-dealkylation sites (tertiary alicyclic amines) is 1. The molecule has 0 spiro atoms. The van der Waals surface area contributed by atoms with E-state index >= 15 is 0 Å². The summed E-state index contributed by atoms with van der Waals surface area (Å²) >= 11 is 0. The summed E-state index contributed by atoms with van der Waals surface area (Å²) in [5, 5.41) is 12.0. The topological polar surface area (TPSA) is 69.6 Å². The van der Waals surface area contributed by atoms with Crippen LogP contribution in [-0.2, 0) is 9.59 Å². The molecule has 1 amide bonds. The molecule has 2 aliphatic rings. The van der Waals surface area contributed by atoms with Crippen LogP contribution in [0.1, 0.15) is 65.7 Å². The highest BCUT2D eigenvalue weighted by Crippen LogP contribution is 2.38. The lowest BCUT2D eigenvalue weighted by atomic mass is 9.72. The molecule has 2 N–H and O–H groups in total. The van der Waals surface area contributed by atoms with Gasteiger partial charge in [-0.2, -0.15) is 0 Å². The Morgan fingerprint density at radius 3 is 2.43 bits per heavy atom. The van der Waals surface area contributed by atoms with Gasteiger partial charge < -0.3 is 10.4 Å². The molecule has 0 bridgehead atoms. The zero-order valence-corrected chi connectivity index (χ0v) is 14.8. The van der Waals surface area contributed by atoms with Crippen LogP contribution in [0.5, 0.6) is 0 Å². The van der Waals surface area contributed by atoms with Crippen LogP contribution >= 0.6 is 0 Å². The number of carbonyl (C=O) groups is 2. The maximum atomic E-state index is 12.7. The molecule has 2 fully saturated rings. The average molecular weight is 324 g/mol. The number of hydrogen-bond donors (Lipinski definition) is 2. The Hall–Kier alpha value is -1.10. The number of rotatable bonds is 5. The molecule has 1 aliphatic heterocycles. The highest BCUT2D eigenvalue weighted by molar-refractivity contribution is 5.82. The van der Waals surface area contributed by atoms with Crippen molar-refractivity contribution in [2.75, 3.05) is 13.1 Å². The van der Waals surface area contributed by atoms with Gasteiger partial charge in [-0.15, -0.1) is 0 Å². The summed E-state index contributed by atoms with van der Waals surface area (Å²) in [7, 11) is 0. The number of nitrogens with zero attached hydrogens (tertiary/aromatic N) is 1. The highest BCUT2D eigenvalue weighted by Gasteiger charge is 2.40. The van der Waals surface area contributed by atoms with Crippen LogP contribution < -0.4 is 5.32 Å². The van der Waals surface area contributed by atoms with Crippen molar-refractivity contribution in [1.82, 2.24) is 10.2 Å². The summed E-state index contributed by atoms with van der Waals surface area (Å²) in [5.74, 6) is 0.701. The van der Waals surface area contributed by atoms with Gasteiger partial charge in [-0.3, -0.25) is 14.5 Å². The SMILES string of the molecule is CC(C)(C)NC(=O)[C@@H]1C[C@@H]2CCCC[C@@H]2CN1CCCC(=O)O. The number of fused-ring (bicyclic) bond motifs is 1. The minimum atomic E-state index is -0.756. The van der Waals surface area contributed by atoms with Crippen molar-refractivity contribution < 1.29 is 14.7 Å². The second-order valence-electron chi connectivity index (χ2n) is 8.29. The summed E-state index contributed by atoms with van der Waals surface area (Å²) in [6, 6.07) is -0.0950. The maximum Gasteiger partial charge on any atom is 0.303 e. The first-order valence-electron chi connectivity index (χ1n) is 9.04. The van der Waals surface area contributed by atoms with Gasteiger partial charge in [-0.25, -0.2) is 0 Å². The van der Waals surface area contributed by atoms with E-state index in [1.54, 1.807) is 0 Å². The van der Waals surface area contributed by atoms with Crippen molar-refractivity contribution in [2.24, 2.45) is 11.8 Å². The van der Waals surface area contributed by atoms with Crippen LogP contribution in [0, 0.1) is 11.8 Å². The molecule has 0 unspecified atom stereocenters. The third-order valence-corrected chi connectivity index (χ3v) is 5.14. The predicted octanol–water partition coefficient (Wildman–Crippen LogP) is 2.65. The van der Waals surface area contributed by atoms with Gasteiger partial charge in [0.15, 0.2) is 0 Å². The van der Waals surface area contributed by atoms with Crippen molar-refractivity contribution in [2.45, 2.75) is 77.3 Å². The summed E-state index contributed by atoms with van der Waals surface area (Å²) < 4.78 is 0. The van der Waals surface area contributed by atoms with Gasteiger partial charge in [0.25, 0.3) is 0 Å². The van der Waals surface area contributed by atoms with Crippen LogP contribution in [-0.4, -0.2) is 46.6 Å². The highest BCUT2D eigenvalue weighted by atomic mass is 16.4. The van der Waals surface area contributed by atoms with Crippen LogP contribution in [0.25, 0.3) is 0 Å². The molecule has 5 nitrogen and oxygen atoms in total. The average Bonchev–Trinajstić information content (AvgIpc) is 2.44. The lowest BCUT2D eigenvalue weighted by Crippen LogP contribution is -2.57. The van der Waals surface area contributed by atoms with Crippen LogP contribution in [0.2, 0.25) is 0 Å². The van der Waals surface area contributed by atoms with Gasteiger partial charge in [0.2, 0.25) is 5.91 Å². The molecule has 3 atom stereocenters. The fraction of sp³-hybridized carbons (Fsp3) is 0.889. The van der Waals surface area contributed by atoms with Gasteiger partial charge in [-0.05, 0) is 58.4 Å². The van der Waals surface area contributed by atoms with Crippen LogP contribution in [0.3, 0.4) is 0 Å². The largest absolute Gasteiger partial charge is 0.481 e. The van der Waals surface area contributed by atoms with Crippen molar-refractivity contribution >= 4 is 11.9 Å². The summed E-state index contributed by atoms with van der Waals surface area (Å²) in [4.78, 5) is 25.7. The van der Waals surface area contributed by atoms with Crippen LogP contribution in [0.4, 0.5) is 0 Å². The molecule has 1 saturated heterocycles. The fourth-order valence-corrected chi connectivity index (χ4v) is 4.11. The van der Waals surface area contributed by atoms with Gasteiger partial charge in [0, 0.05) is 18.5 Å². The molecule has 0 aromatic rings. The van der Waals surface area contributed by atoms with E-state index in [2.05, 4.69) is 10.2 Å². The van der Waals surface area contributed by atoms with E-state index in [0.29, 0.717) is 24.8 Å². The third kappa shape index (κ3) is 5.48. The number of nitrogens with one attached hydrogen (secondary N) is 1. The molecule has 0 aromatic carbocycles. The summed E-state index contributed by atoms with van der Waals surface area (Å²) in [5.41, 5.74) is -0.229. The monoisotopic (exact) mass is 324 g/mol. The standard InChI is InChI=1S/C18H32N2O3/c1-18(2,3)19-17(23)15-11-13-7-4-5-8-14(13)12-20(15)10-6-9-16(21)22/h13-15H,4-12H2,1-3H3,(H,19,23)(H,21,22)/t13-,14+,15-/m0/s1. The van der Waals surface area contributed by atoms with Gasteiger partial charge in [0.05, 0.1) is 6.04 Å². The number of amides is 1. The first kappa shape index (κ1) is 18.2. The second-order valence-corrected chi connectivity index (χ2v) is 8.29. The van der Waals surface area contributed by atoms with Crippen molar-refractivity contribution in [3.8, 4) is 0 Å². The molecule has 132 valence electrons. The summed E-state index contributed by atoms with van der Waals surface area (Å²) in [6.07, 6.45) is 6.81. The van der Waals surface area contributed by atoms with Crippen molar-refractivity contribution in [3.63, 3.8) is 0 Å². The second kappa shape index (κ2) is 7.65. The van der Waals surface area contributed by atoms with E-state index in [4.69, 9.17) is 5.11 Å². The number of hydrogen-bond acceptors (Lipinski definition) is 3. The van der Waals surface area contributed by atoms with E-state index < -0.39 is 5.97 Å². The lowest BCUT2D eigenvalue weighted by molar-refractivity contribution is -0.137. The Morgan fingerprint density at radius 1 is 1.17 bits per heavy atom. The zero-order valence-electron chi connectivity index (χ0n) is 14.8. The lowest BCUT2D eigenvalue weighted by Gasteiger charge is -2.46. The predicted molar refractivity (Wildman–Crippen MR) is 90.2 cm³/mol. The van der Waals surface area contributed by atoms with E-state index in [0.717, 1.165) is 13.0 Å². The first-order chi connectivity index (χ1) is 10.8. The fourth-order valence-electron chi connectivity index (χ4n) is 4.11. The molecule has 23 heavy (non-hydrogen) atoms. The van der Waals surface area contributed by atoms with Crippen LogP contribution in [0.15, 0.2) is 0 Å². The van der Waals surface area contributed by atoms with Crippen molar-refractivity contribution in [3.05, 3.63) is 0 Å². The van der Waals surface area contributed by atoms with Gasteiger partial charge >= 0.3 is 5.97 Å². The minimum Gasteiger partial charge on any atom is -0.481 e. The molecule has 1 heterocycles. The van der Waals surface area contributed by atoms with Crippen molar-refractivity contribution in [1.29, 1.82) is 0 Å². The molecule has 1 saturated carbocycles. The molecule has 1 aliphatic carbocycles. The van der Waals surface area contributed by atoms with Gasteiger partial charge in [-0.1, -0.05) is 19.3 Å². The zero-order chi connectivity index (χ0) is 17.0. The first-order valence-corrected chi connectivity index (χ1v) is 9.04. The Kier molecular flexibility index (Phi) is 6.06. The Bertz CT molecular complexity index is 430. The number of carboxylic acid groups (broad SMARTS) is 1. The molecule has 0 aromatic heterocycles. The van der Waals surface area contributed by atoms with E-state index in [1.807, 2.05) is 20.8 Å². The van der Waals surface area contributed by atoms with E-state index in [-0.39, 0.29) is 23.9 Å². The van der Waals surface area contributed by atoms with E-state index in [9.17, 15) is 9.59 Å². The normalized spacial score (nSPS) is 28.9. The molecular formula is C18H32N2O3. The molecule has 2 rings (SSSR count). The molecule has 5 heteroatoms. The number of piperidine rings is 1. The summed E-state index contributed by atoms with van der Waals surface area (Å²) in [6.45, 7) is 7.67. The Labute approximate surface area is 139 Å².